The van der Waals surface area contributed by atoms with Gasteiger partial charge in [0, 0.05) is 29.1 Å². The summed E-state index contributed by atoms with van der Waals surface area (Å²) in [5, 5.41) is 6.83. The molecule has 2 aromatic carbocycles. The second-order valence-electron chi connectivity index (χ2n) is 6.38. The lowest BCUT2D eigenvalue weighted by molar-refractivity contribution is 0.0949. The van der Waals surface area contributed by atoms with E-state index in [1.54, 1.807) is 25.4 Å². The Hall–Kier alpha value is -3.05. The summed E-state index contributed by atoms with van der Waals surface area (Å²) in [7, 11) is 1.64. The van der Waals surface area contributed by atoms with Crippen molar-refractivity contribution in [1.29, 1.82) is 0 Å². The van der Waals surface area contributed by atoms with E-state index in [2.05, 4.69) is 15.6 Å². The minimum absolute atomic E-state index is 0.214. The first-order valence-electron chi connectivity index (χ1n) is 8.95. The number of nitrogens with zero attached hydrogens (tertiary/aromatic N) is 1. The van der Waals surface area contributed by atoms with E-state index in [1.807, 2.05) is 49.4 Å². The quantitative estimate of drug-likeness (QED) is 0.605. The standard InChI is InChI=1S/C22H22ClN3O2/c1-15-6-7-17(13-20(15)23)26-18-9-11-24-21(14-18)22(27)25-10-8-16-4-3-5-19(12-16)28-2/h3-7,9,11-14H,8,10H2,1-2H3,(H,24,26)(H,25,27). The first-order chi connectivity index (χ1) is 13.5. The van der Waals surface area contributed by atoms with Crippen LogP contribution in [-0.2, 0) is 6.42 Å². The maximum Gasteiger partial charge on any atom is 0.269 e. The van der Waals surface area contributed by atoms with Crippen molar-refractivity contribution in [2.75, 3.05) is 19.0 Å². The van der Waals surface area contributed by atoms with Crippen molar-refractivity contribution in [3.05, 3.63) is 82.6 Å². The number of halogens is 1. The van der Waals surface area contributed by atoms with Gasteiger partial charge in [-0.15, -0.1) is 0 Å². The third kappa shape index (κ3) is 5.24. The summed E-state index contributed by atoms with van der Waals surface area (Å²) in [6.45, 7) is 2.46. The van der Waals surface area contributed by atoms with Crippen molar-refractivity contribution in [2.45, 2.75) is 13.3 Å². The molecule has 0 bridgehead atoms. The van der Waals surface area contributed by atoms with Crippen LogP contribution in [0.5, 0.6) is 5.75 Å². The van der Waals surface area contributed by atoms with Gasteiger partial charge in [0.25, 0.3) is 5.91 Å². The highest BCUT2D eigenvalue weighted by atomic mass is 35.5. The van der Waals surface area contributed by atoms with Crippen molar-refractivity contribution in [1.82, 2.24) is 10.3 Å². The number of amides is 1. The molecule has 0 aliphatic heterocycles. The van der Waals surface area contributed by atoms with Gasteiger partial charge in [0.2, 0.25) is 0 Å². The van der Waals surface area contributed by atoms with Gasteiger partial charge in [-0.3, -0.25) is 9.78 Å². The number of rotatable bonds is 7. The Labute approximate surface area is 169 Å². The van der Waals surface area contributed by atoms with Crippen LogP contribution < -0.4 is 15.4 Å². The molecule has 5 nitrogen and oxygen atoms in total. The zero-order valence-electron chi connectivity index (χ0n) is 15.8. The molecule has 144 valence electrons. The molecule has 3 aromatic rings. The summed E-state index contributed by atoms with van der Waals surface area (Å²) in [5.74, 6) is 0.592. The van der Waals surface area contributed by atoms with E-state index in [1.165, 1.54) is 0 Å². The zero-order chi connectivity index (χ0) is 19.9. The maximum absolute atomic E-state index is 12.4. The predicted octanol–water partition coefficient (Wildman–Crippen LogP) is 4.77. The molecule has 2 N–H and O–H groups in total. The third-order valence-corrected chi connectivity index (χ3v) is 4.69. The highest BCUT2D eigenvalue weighted by Gasteiger charge is 2.08. The third-order valence-electron chi connectivity index (χ3n) is 4.29. The summed E-state index contributed by atoms with van der Waals surface area (Å²) >= 11 is 6.16. The van der Waals surface area contributed by atoms with E-state index in [0.717, 1.165) is 28.3 Å². The van der Waals surface area contributed by atoms with Crippen LogP contribution in [0.3, 0.4) is 0 Å². The molecule has 1 amide bonds. The molecule has 0 atom stereocenters. The molecular weight excluding hydrogens is 374 g/mol. The number of hydrogen-bond donors (Lipinski definition) is 2. The first kappa shape index (κ1) is 19.7. The van der Waals surface area contributed by atoms with Crippen LogP contribution in [0.1, 0.15) is 21.6 Å². The Bertz CT molecular complexity index is 976. The van der Waals surface area contributed by atoms with Gasteiger partial charge in [0.15, 0.2) is 0 Å². The number of anilines is 2. The fraction of sp³-hybridized carbons (Fsp3) is 0.182. The Balaban J connectivity index is 1.59. The first-order valence-corrected chi connectivity index (χ1v) is 9.33. The van der Waals surface area contributed by atoms with E-state index in [9.17, 15) is 4.79 Å². The Morgan fingerprint density at radius 1 is 1.11 bits per heavy atom. The number of hydrogen-bond acceptors (Lipinski definition) is 4. The van der Waals surface area contributed by atoms with Crippen molar-refractivity contribution < 1.29 is 9.53 Å². The predicted molar refractivity (Wildman–Crippen MR) is 113 cm³/mol. The van der Waals surface area contributed by atoms with Crippen LogP contribution in [0.25, 0.3) is 0 Å². The van der Waals surface area contributed by atoms with Crippen LogP contribution in [0.15, 0.2) is 60.8 Å². The van der Waals surface area contributed by atoms with Crippen molar-refractivity contribution in [2.24, 2.45) is 0 Å². The molecule has 0 unspecified atom stereocenters. The molecule has 0 fully saturated rings. The molecule has 0 saturated heterocycles. The molecule has 6 heteroatoms. The van der Waals surface area contributed by atoms with Crippen LogP contribution in [0, 0.1) is 6.92 Å². The van der Waals surface area contributed by atoms with Gasteiger partial charge >= 0.3 is 0 Å². The van der Waals surface area contributed by atoms with Gasteiger partial charge in [-0.25, -0.2) is 0 Å². The van der Waals surface area contributed by atoms with Gasteiger partial charge in [-0.1, -0.05) is 29.8 Å². The summed E-state index contributed by atoms with van der Waals surface area (Å²) in [6, 6.07) is 17.1. The lowest BCUT2D eigenvalue weighted by Gasteiger charge is -2.10. The van der Waals surface area contributed by atoms with Crippen LogP contribution >= 0.6 is 11.6 Å². The number of benzene rings is 2. The van der Waals surface area contributed by atoms with E-state index in [0.29, 0.717) is 23.7 Å². The topological polar surface area (TPSA) is 63.2 Å². The highest BCUT2D eigenvalue weighted by Crippen LogP contribution is 2.23. The number of nitrogens with one attached hydrogen (secondary N) is 2. The molecule has 0 saturated carbocycles. The molecule has 0 spiro atoms. The number of carbonyl (C=O) groups is 1. The normalized spacial score (nSPS) is 10.4. The largest absolute Gasteiger partial charge is 0.497 e. The van der Waals surface area contributed by atoms with Crippen molar-refractivity contribution in [3.8, 4) is 5.75 Å². The lowest BCUT2D eigenvalue weighted by atomic mass is 10.1. The summed E-state index contributed by atoms with van der Waals surface area (Å²) in [4.78, 5) is 16.6. The molecule has 1 aromatic heterocycles. The second-order valence-corrected chi connectivity index (χ2v) is 6.78. The van der Waals surface area contributed by atoms with Gasteiger partial charge in [-0.2, -0.15) is 0 Å². The van der Waals surface area contributed by atoms with E-state index in [4.69, 9.17) is 16.3 Å². The van der Waals surface area contributed by atoms with E-state index >= 15 is 0 Å². The Kier molecular flexibility index (Phi) is 6.50. The summed E-state index contributed by atoms with van der Waals surface area (Å²) < 4.78 is 5.21. The molecule has 3 rings (SSSR count). The average molecular weight is 396 g/mol. The van der Waals surface area contributed by atoms with Crippen molar-refractivity contribution in [3.63, 3.8) is 0 Å². The summed E-state index contributed by atoms with van der Waals surface area (Å²) in [6.07, 6.45) is 2.32. The molecule has 0 aliphatic carbocycles. The van der Waals surface area contributed by atoms with Gasteiger partial charge in [-0.05, 0) is 60.9 Å². The number of ether oxygens (including phenoxy) is 1. The number of aryl methyl sites for hydroxylation is 1. The van der Waals surface area contributed by atoms with E-state index < -0.39 is 0 Å². The smallest absolute Gasteiger partial charge is 0.269 e. The lowest BCUT2D eigenvalue weighted by Crippen LogP contribution is -2.26. The monoisotopic (exact) mass is 395 g/mol. The molecule has 28 heavy (non-hydrogen) atoms. The number of pyridine rings is 1. The van der Waals surface area contributed by atoms with Crippen LogP contribution in [0.2, 0.25) is 5.02 Å². The molecule has 0 radical (unpaired) electrons. The fourth-order valence-corrected chi connectivity index (χ4v) is 2.89. The van der Waals surface area contributed by atoms with Crippen LogP contribution in [-0.4, -0.2) is 24.5 Å². The molecular formula is C22H22ClN3O2. The number of carbonyl (C=O) groups excluding carboxylic acids is 1. The van der Waals surface area contributed by atoms with E-state index in [-0.39, 0.29) is 5.91 Å². The molecule has 1 heterocycles. The van der Waals surface area contributed by atoms with Crippen LogP contribution in [0.4, 0.5) is 11.4 Å². The summed E-state index contributed by atoms with van der Waals surface area (Å²) in [5.41, 5.74) is 4.09. The minimum Gasteiger partial charge on any atom is -0.497 e. The Morgan fingerprint density at radius 3 is 2.71 bits per heavy atom. The van der Waals surface area contributed by atoms with Gasteiger partial charge in [0.05, 0.1) is 7.11 Å². The minimum atomic E-state index is -0.214. The fourth-order valence-electron chi connectivity index (χ4n) is 2.71. The van der Waals surface area contributed by atoms with Gasteiger partial charge in [0.1, 0.15) is 11.4 Å². The zero-order valence-corrected chi connectivity index (χ0v) is 16.6. The number of methoxy groups -OCH3 is 1. The second kappa shape index (κ2) is 9.24. The highest BCUT2D eigenvalue weighted by molar-refractivity contribution is 6.31. The Morgan fingerprint density at radius 2 is 1.93 bits per heavy atom. The van der Waals surface area contributed by atoms with Crippen molar-refractivity contribution >= 4 is 28.9 Å². The SMILES string of the molecule is COc1cccc(CCNC(=O)c2cc(Nc3ccc(C)c(Cl)c3)ccn2)c1. The maximum atomic E-state index is 12.4. The van der Waals surface area contributed by atoms with Gasteiger partial charge < -0.3 is 15.4 Å². The molecule has 0 aliphatic rings. The average Bonchev–Trinajstić information content (AvgIpc) is 2.71. The number of aromatic nitrogens is 1.